The molecule has 0 spiro atoms. The molecule has 8 heteroatoms. The lowest BCUT2D eigenvalue weighted by Crippen LogP contribution is -2.23. The van der Waals surface area contributed by atoms with Crippen LogP contribution in [-0.4, -0.2) is 14.3 Å². The average molecular weight is 402 g/mol. The Morgan fingerprint density at radius 1 is 0.821 bits per heavy atom. The summed E-state index contributed by atoms with van der Waals surface area (Å²) in [6.07, 6.45) is 0. The standard InChI is InChI=1S/C20H16F2N2O3S/c21-17-6-2-1-5-15(17)13-23-20(25)14-9-11-16(12-10-14)28(26,27)24-19-8-4-3-7-18(19)22/h1-12,24H,13H2,(H,23,25). The van der Waals surface area contributed by atoms with Crippen molar-refractivity contribution >= 4 is 21.6 Å². The summed E-state index contributed by atoms with van der Waals surface area (Å²) in [5, 5.41) is 2.57. The lowest BCUT2D eigenvalue weighted by atomic mass is 10.2. The lowest BCUT2D eigenvalue weighted by Gasteiger charge is -2.10. The first-order valence-electron chi connectivity index (χ1n) is 8.26. The zero-order valence-corrected chi connectivity index (χ0v) is 15.3. The Labute approximate surface area is 161 Å². The van der Waals surface area contributed by atoms with Gasteiger partial charge in [-0.15, -0.1) is 0 Å². The van der Waals surface area contributed by atoms with Crippen molar-refractivity contribution in [3.8, 4) is 0 Å². The van der Waals surface area contributed by atoms with Gasteiger partial charge in [0.05, 0.1) is 10.6 Å². The SMILES string of the molecule is O=C(NCc1ccccc1F)c1ccc(S(=O)(=O)Nc2ccccc2F)cc1. The van der Waals surface area contributed by atoms with Gasteiger partial charge >= 0.3 is 0 Å². The van der Waals surface area contributed by atoms with Crippen molar-refractivity contribution in [2.45, 2.75) is 11.4 Å². The number of amides is 1. The van der Waals surface area contributed by atoms with Gasteiger partial charge in [-0.25, -0.2) is 17.2 Å². The highest BCUT2D eigenvalue weighted by Crippen LogP contribution is 2.19. The molecule has 0 bridgehead atoms. The molecule has 3 rings (SSSR count). The number of para-hydroxylation sites is 1. The zero-order chi connectivity index (χ0) is 20.1. The van der Waals surface area contributed by atoms with Crippen LogP contribution in [0.3, 0.4) is 0 Å². The Morgan fingerprint density at radius 3 is 2.07 bits per heavy atom. The average Bonchev–Trinajstić information content (AvgIpc) is 2.69. The molecule has 5 nitrogen and oxygen atoms in total. The Morgan fingerprint density at radius 2 is 1.43 bits per heavy atom. The molecule has 0 aromatic heterocycles. The van der Waals surface area contributed by atoms with Crippen molar-refractivity contribution in [2.24, 2.45) is 0 Å². The van der Waals surface area contributed by atoms with Gasteiger partial charge in [0.15, 0.2) is 0 Å². The van der Waals surface area contributed by atoms with Crippen LogP contribution in [0.4, 0.5) is 14.5 Å². The number of halogens is 2. The van der Waals surface area contributed by atoms with Crippen LogP contribution in [0.2, 0.25) is 0 Å². The number of carbonyl (C=O) groups is 1. The van der Waals surface area contributed by atoms with E-state index in [-0.39, 0.29) is 22.7 Å². The minimum atomic E-state index is -4.01. The zero-order valence-electron chi connectivity index (χ0n) is 14.5. The summed E-state index contributed by atoms with van der Waals surface area (Å²) >= 11 is 0. The van der Waals surface area contributed by atoms with Gasteiger partial charge in [0.1, 0.15) is 11.6 Å². The highest BCUT2D eigenvalue weighted by molar-refractivity contribution is 7.92. The first-order valence-corrected chi connectivity index (χ1v) is 9.74. The predicted octanol–water partition coefficient (Wildman–Crippen LogP) is 3.70. The van der Waals surface area contributed by atoms with Crippen molar-refractivity contribution in [1.82, 2.24) is 5.32 Å². The van der Waals surface area contributed by atoms with Gasteiger partial charge < -0.3 is 5.32 Å². The van der Waals surface area contributed by atoms with E-state index >= 15 is 0 Å². The number of sulfonamides is 1. The van der Waals surface area contributed by atoms with E-state index < -0.39 is 27.6 Å². The van der Waals surface area contributed by atoms with Crippen LogP contribution in [0.15, 0.2) is 77.7 Å². The first kappa shape index (κ1) is 19.5. The third kappa shape index (κ3) is 4.52. The second kappa shape index (κ2) is 8.18. The molecule has 1 amide bonds. The van der Waals surface area contributed by atoms with Crippen LogP contribution in [-0.2, 0) is 16.6 Å². The van der Waals surface area contributed by atoms with Gasteiger partial charge in [-0.3, -0.25) is 9.52 Å². The molecule has 0 unspecified atom stereocenters. The van der Waals surface area contributed by atoms with E-state index in [9.17, 15) is 22.0 Å². The summed E-state index contributed by atoms with van der Waals surface area (Å²) in [4.78, 5) is 12.1. The number of rotatable bonds is 6. The van der Waals surface area contributed by atoms with Gasteiger partial charge in [-0.2, -0.15) is 0 Å². The molecule has 3 aromatic rings. The summed E-state index contributed by atoms with van der Waals surface area (Å²) in [7, 11) is -4.01. The topological polar surface area (TPSA) is 75.3 Å². The molecule has 3 aromatic carbocycles. The summed E-state index contributed by atoms with van der Waals surface area (Å²) < 4.78 is 54.1. The summed E-state index contributed by atoms with van der Waals surface area (Å²) in [6.45, 7) is 0.000393. The van der Waals surface area contributed by atoms with Crippen molar-refractivity contribution in [3.05, 3.63) is 95.6 Å². The van der Waals surface area contributed by atoms with Gasteiger partial charge in [-0.1, -0.05) is 30.3 Å². The van der Waals surface area contributed by atoms with Crippen molar-refractivity contribution < 1.29 is 22.0 Å². The summed E-state index contributed by atoms with van der Waals surface area (Å²) in [5.74, 6) is -1.60. The number of nitrogens with one attached hydrogen (secondary N) is 2. The molecule has 0 radical (unpaired) electrons. The van der Waals surface area contributed by atoms with E-state index in [2.05, 4.69) is 10.0 Å². The third-order valence-electron chi connectivity index (χ3n) is 3.94. The summed E-state index contributed by atoms with van der Waals surface area (Å²) in [6, 6.07) is 16.6. The van der Waals surface area contributed by atoms with Gasteiger partial charge in [0, 0.05) is 17.7 Å². The fourth-order valence-electron chi connectivity index (χ4n) is 2.45. The predicted molar refractivity (Wildman–Crippen MR) is 101 cm³/mol. The Bertz CT molecular complexity index is 1100. The largest absolute Gasteiger partial charge is 0.348 e. The number of benzene rings is 3. The second-order valence-electron chi connectivity index (χ2n) is 5.88. The van der Waals surface area contributed by atoms with E-state index in [0.717, 1.165) is 6.07 Å². The van der Waals surface area contributed by atoms with E-state index in [1.807, 2.05) is 0 Å². The molecule has 0 aliphatic rings. The molecule has 28 heavy (non-hydrogen) atoms. The second-order valence-corrected chi connectivity index (χ2v) is 7.57. The molecule has 144 valence electrons. The number of hydrogen-bond acceptors (Lipinski definition) is 3. The van der Waals surface area contributed by atoms with E-state index in [1.165, 1.54) is 48.5 Å². The molecule has 0 aliphatic carbocycles. The number of hydrogen-bond donors (Lipinski definition) is 2. The van der Waals surface area contributed by atoms with Crippen molar-refractivity contribution in [1.29, 1.82) is 0 Å². The van der Waals surface area contributed by atoms with E-state index in [4.69, 9.17) is 0 Å². The summed E-state index contributed by atoms with van der Waals surface area (Å²) in [5.41, 5.74) is 0.375. The normalized spacial score (nSPS) is 11.1. The highest BCUT2D eigenvalue weighted by Gasteiger charge is 2.17. The minimum absolute atomic E-state index is 0.000393. The maximum atomic E-state index is 13.7. The van der Waals surface area contributed by atoms with Crippen LogP contribution in [0.5, 0.6) is 0 Å². The Balaban J connectivity index is 1.69. The van der Waals surface area contributed by atoms with Crippen LogP contribution in [0, 0.1) is 11.6 Å². The van der Waals surface area contributed by atoms with Crippen LogP contribution in [0.1, 0.15) is 15.9 Å². The molecule has 0 fully saturated rings. The molecule has 2 N–H and O–H groups in total. The first-order chi connectivity index (χ1) is 13.4. The lowest BCUT2D eigenvalue weighted by molar-refractivity contribution is 0.0950. The fraction of sp³-hybridized carbons (Fsp3) is 0.0500. The number of anilines is 1. The fourth-order valence-corrected chi connectivity index (χ4v) is 3.52. The third-order valence-corrected chi connectivity index (χ3v) is 5.32. The molecule has 0 heterocycles. The van der Waals surface area contributed by atoms with Crippen LogP contribution in [0.25, 0.3) is 0 Å². The van der Waals surface area contributed by atoms with Crippen LogP contribution >= 0.6 is 0 Å². The van der Waals surface area contributed by atoms with Crippen molar-refractivity contribution in [3.63, 3.8) is 0 Å². The van der Waals surface area contributed by atoms with Gasteiger partial charge in [0.25, 0.3) is 15.9 Å². The van der Waals surface area contributed by atoms with Crippen molar-refractivity contribution in [2.75, 3.05) is 4.72 Å². The monoisotopic (exact) mass is 402 g/mol. The minimum Gasteiger partial charge on any atom is -0.348 e. The van der Waals surface area contributed by atoms with Gasteiger partial charge in [-0.05, 0) is 42.5 Å². The Kier molecular flexibility index (Phi) is 5.70. The Hall–Kier alpha value is -3.26. The molecule has 0 saturated carbocycles. The maximum Gasteiger partial charge on any atom is 0.261 e. The van der Waals surface area contributed by atoms with E-state index in [1.54, 1.807) is 18.2 Å². The highest BCUT2D eigenvalue weighted by atomic mass is 32.2. The van der Waals surface area contributed by atoms with Crippen LogP contribution < -0.4 is 10.0 Å². The number of carbonyl (C=O) groups excluding carboxylic acids is 1. The van der Waals surface area contributed by atoms with E-state index in [0.29, 0.717) is 5.56 Å². The maximum absolute atomic E-state index is 13.7. The molecular formula is C20H16F2N2O3S. The smallest absolute Gasteiger partial charge is 0.261 e. The van der Waals surface area contributed by atoms with Gasteiger partial charge in [0.2, 0.25) is 0 Å². The molecular weight excluding hydrogens is 386 g/mol. The quantitative estimate of drug-likeness (QED) is 0.660. The molecule has 0 aliphatic heterocycles. The molecule has 0 atom stereocenters. The molecule has 0 saturated heterocycles.